The molecule has 0 saturated heterocycles. The molecule has 8 heteroatoms. The Kier molecular flexibility index (Phi) is 9.68. The van der Waals surface area contributed by atoms with Crippen molar-refractivity contribution in [3.8, 4) is 11.1 Å². The first-order valence-corrected chi connectivity index (χ1v) is 11.7. The van der Waals surface area contributed by atoms with Gasteiger partial charge in [0.05, 0.1) is 12.0 Å². The minimum Gasteiger partial charge on any atom is -0.548 e. The summed E-state index contributed by atoms with van der Waals surface area (Å²) in [4.78, 5) is 35.6. The predicted octanol–water partition coefficient (Wildman–Crippen LogP) is 4.13. The molecule has 1 unspecified atom stereocenters. The van der Waals surface area contributed by atoms with E-state index in [-0.39, 0.29) is 6.42 Å². The normalized spacial score (nSPS) is 12.4. The molecule has 0 bridgehead atoms. The predicted molar refractivity (Wildman–Crippen MR) is 131 cm³/mol. The molecule has 0 heterocycles. The van der Waals surface area contributed by atoms with Crippen LogP contribution in [0.4, 0.5) is 9.59 Å². The number of carboxylic acids is 1. The zero-order chi connectivity index (χ0) is 26.1. The van der Waals surface area contributed by atoms with Gasteiger partial charge in [0.1, 0.15) is 11.2 Å². The van der Waals surface area contributed by atoms with Gasteiger partial charge in [-0.1, -0.05) is 54.6 Å². The third-order valence-electron chi connectivity index (χ3n) is 5.20. The average Bonchev–Trinajstić information content (AvgIpc) is 2.77. The zero-order valence-corrected chi connectivity index (χ0v) is 21.1. The van der Waals surface area contributed by atoms with E-state index < -0.39 is 35.4 Å². The van der Waals surface area contributed by atoms with Crippen molar-refractivity contribution in [2.45, 2.75) is 71.1 Å². The molecular formula is C27H35N2O6-. The van der Waals surface area contributed by atoms with Crippen LogP contribution >= 0.6 is 0 Å². The number of benzene rings is 2. The van der Waals surface area contributed by atoms with Gasteiger partial charge in [-0.15, -0.1) is 0 Å². The Balaban J connectivity index is 1.84. The number of hydrogen-bond acceptors (Lipinski definition) is 6. The second-order valence-electron chi connectivity index (χ2n) is 9.78. The second-order valence-corrected chi connectivity index (χ2v) is 9.78. The molecule has 0 fully saturated rings. The van der Waals surface area contributed by atoms with E-state index in [1.165, 1.54) is 0 Å². The topological polar surface area (TPSA) is 117 Å². The maximum atomic E-state index is 12.4. The summed E-state index contributed by atoms with van der Waals surface area (Å²) in [5.41, 5.74) is 1.31. The lowest BCUT2D eigenvalue weighted by Gasteiger charge is -2.28. The Morgan fingerprint density at radius 3 is 2.00 bits per heavy atom. The van der Waals surface area contributed by atoms with E-state index in [1.54, 1.807) is 34.6 Å². The van der Waals surface area contributed by atoms with E-state index in [4.69, 9.17) is 9.47 Å². The lowest BCUT2D eigenvalue weighted by Crippen LogP contribution is -2.49. The van der Waals surface area contributed by atoms with Crippen molar-refractivity contribution in [3.63, 3.8) is 0 Å². The molecule has 1 atom stereocenters. The maximum absolute atomic E-state index is 12.4. The minimum atomic E-state index is -1.40. The zero-order valence-electron chi connectivity index (χ0n) is 21.1. The van der Waals surface area contributed by atoms with E-state index in [0.29, 0.717) is 19.4 Å². The van der Waals surface area contributed by atoms with E-state index in [1.807, 2.05) is 54.6 Å². The minimum absolute atomic E-state index is 0.139. The average molecular weight is 484 g/mol. The van der Waals surface area contributed by atoms with Crippen LogP contribution < -0.4 is 15.7 Å². The summed E-state index contributed by atoms with van der Waals surface area (Å²) in [6, 6.07) is 16.3. The molecule has 190 valence electrons. The Morgan fingerprint density at radius 2 is 1.43 bits per heavy atom. The number of rotatable bonds is 10. The lowest BCUT2D eigenvalue weighted by molar-refractivity contribution is -0.308. The van der Waals surface area contributed by atoms with E-state index >= 15 is 0 Å². The molecule has 0 saturated carbocycles. The third-order valence-corrected chi connectivity index (χ3v) is 5.20. The molecule has 0 aromatic heterocycles. The van der Waals surface area contributed by atoms with Crippen LogP contribution in [0.1, 0.15) is 59.4 Å². The van der Waals surface area contributed by atoms with Gasteiger partial charge in [0.2, 0.25) is 0 Å². The van der Waals surface area contributed by atoms with Crippen molar-refractivity contribution >= 4 is 18.2 Å². The molecule has 0 aliphatic heterocycles. The lowest BCUT2D eigenvalue weighted by atomic mass is 9.95. The molecule has 2 aromatic rings. The van der Waals surface area contributed by atoms with Crippen LogP contribution in [0, 0.1) is 0 Å². The highest BCUT2D eigenvalue weighted by Gasteiger charge is 2.27. The summed E-state index contributed by atoms with van der Waals surface area (Å²) < 4.78 is 10.7. The van der Waals surface area contributed by atoms with Gasteiger partial charge < -0.3 is 30.0 Å². The second kappa shape index (κ2) is 12.2. The van der Waals surface area contributed by atoms with Crippen LogP contribution in [0.3, 0.4) is 0 Å². The van der Waals surface area contributed by atoms with Gasteiger partial charge in [0, 0.05) is 6.54 Å². The summed E-state index contributed by atoms with van der Waals surface area (Å²) in [6.07, 6.45) is -0.282. The molecule has 2 rings (SSSR count). The van der Waals surface area contributed by atoms with Crippen molar-refractivity contribution in [3.05, 3.63) is 60.2 Å². The molecule has 0 radical (unpaired) electrons. The highest BCUT2D eigenvalue weighted by atomic mass is 16.6. The SMILES string of the molecule is CC(C)(C)OC(=O)NCCCCC(NC(=O)OC(C)(C)c1ccc(-c2ccccc2)cc1)C(=O)[O-]. The Hall–Kier alpha value is -3.55. The van der Waals surface area contributed by atoms with Crippen LogP contribution in [0.25, 0.3) is 11.1 Å². The summed E-state index contributed by atoms with van der Waals surface area (Å²) in [7, 11) is 0. The fraction of sp³-hybridized carbons (Fsp3) is 0.444. The number of nitrogens with one attached hydrogen (secondary N) is 2. The molecule has 0 spiro atoms. The monoisotopic (exact) mass is 483 g/mol. The van der Waals surface area contributed by atoms with Crippen LogP contribution in [-0.4, -0.2) is 36.3 Å². The van der Waals surface area contributed by atoms with Gasteiger partial charge in [-0.3, -0.25) is 0 Å². The molecule has 2 N–H and O–H groups in total. The van der Waals surface area contributed by atoms with Crippen molar-refractivity contribution in [1.82, 2.24) is 10.6 Å². The molecule has 0 aliphatic rings. The van der Waals surface area contributed by atoms with Crippen molar-refractivity contribution in [2.75, 3.05) is 6.54 Å². The van der Waals surface area contributed by atoms with Gasteiger partial charge in [0.15, 0.2) is 0 Å². The molecule has 2 aromatic carbocycles. The molecule has 2 amide bonds. The molecule has 0 aliphatic carbocycles. The van der Waals surface area contributed by atoms with Crippen molar-refractivity contribution in [2.24, 2.45) is 0 Å². The van der Waals surface area contributed by atoms with Crippen LogP contribution in [0.5, 0.6) is 0 Å². The quantitative estimate of drug-likeness (QED) is 0.491. The van der Waals surface area contributed by atoms with Gasteiger partial charge in [-0.05, 0) is 70.6 Å². The number of carbonyl (C=O) groups is 3. The molecule has 8 nitrogen and oxygen atoms in total. The fourth-order valence-corrected chi connectivity index (χ4v) is 3.38. The first-order chi connectivity index (χ1) is 16.4. The van der Waals surface area contributed by atoms with Crippen LogP contribution in [0.15, 0.2) is 54.6 Å². The van der Waals surface area contributed by atoms with Gasteiger partial charge in [0.25, 0.3) is 0 Å². The largest absolute Gasteiger partial charge is 0.548 e. The number of aliphatic carboxylic acids is 1. The number of hydrogen-bond donors (Lipinski definition) is 2. The van der Waals surface area contributed by atoms with Crippen molar-refractivity contribution in [1.29, 1.82) is 0 Å². The summed E-state index contributed by atoms with van der Waals surface area (Å²) in [6.45, 7) is 9.10. The van der Waals surface area contributed by atoms with Crippen molar-refractivity contribution < 1.29 is 29.0 Å². The Bertz CT molecular complexity index is 981. The number of carbonyl (C=O) groups excluding carboxylic acids is 3. The highest BCUT2D eigenvalue weighted by Crippen LogP contribution is 2.28. The number of amides is 2. The first-order valence-electron chi connectivity index (χ1n) is 11.7. The third kappa shape index (κ3) is 9.68. The standard InChI is InChI=1S/C27H36N2O6/c1-26(2,3)34-24(32)28-18-10-9-13-22(23(30)31)29-25(33)35-27(4,5)21-16-14-20(15-17-21)19-11-7-6-8-12-19/h6-8,11-12,14-17,22H,9-10,13,18H2,1-5H3,(H,28,32)(H,29,33)(H,30,31)/p-1. The number of carboxylic acid groups (broad SMARTS) is 1. The summed E-state index contributed by atoms with van der Waals surface area (Å²) in [5, 5.41) is 16.5. The van der Waals surface area contributed by atoms with Gasteiger partial charge in [-0.2, -0.15) is 0 Å². The number of unbranched alkanes of at least 4 members (excludes halogenated alkanes) is 1. The van der Waals surface area contributed by atoms with E-state index in [2.05, 4.69) is 10.6 Å². The first kappa shape index (κ1) is 27.7. The van der Waals surface area contributed by atoms with Crippen LogP contribution in [-0.2, 0) is 19.9 Å². The Labute approximate surface area is 207 Å². The Morgan fingerprint density at radius 1 is 0.829 bits per heavy atom. The molecular weight excluding hydrogens is 448 g/mol. The van der Waals surface area contributed by atoms with Gasteiger partial charge >= 0.3 is 12.2 Å². The number of alkyl carbamates (subject to hydrolysis) is 2. The number of ether oxygens (including phenoxy) is 2. The molecule has 35 heavy (non-hydrogen) atoms. The maximum Gasteiger partial charge on any atom is 0.408 e. The highest BCUT2D eigenvalue weighted by molar-refractivity contribution is 5.78. The fourth-order valence-electron chi connectivity index (χ4n) is 3.38. The summed E-state index contributed by atoms with van der Waals surface area (Å²) >= 11 is 0. The van der Waals surface area contributed by atoms with Gasteiger partial charge in [-0.25, -0.2) is 9.59 Å². The smallest absolute Gasteiger partial charge is 0.408 e. The van der Waals surface area contributed by atoms with E-state index in [9.17, 15) is 19.5 Å². The van der Waals surface area contributed by atoms with E-state index in [0.717, 1.165) is 16.7 Å². The summed E-state index contributed by atoms with van der Waals surface area (Å²) in [5.74, 6) is -1.40. The van der Waals surface area contributed by atoms with Crippen LogP contribution in [0.2, 0.25) is 0 Å².